The lowest BCUT2D eigenvalue weighted by Crippen LogP contribution is -2.12. The summed E-state index contributed by atoms with van der Waals surface area (Å²) < 4.78 is 0. The predicted octanol–water partition coefficient (Wildman–Crippen LogP) is 2.51. The first kappa shape index (κ1) is 17.5. The molecule has 0 aromatic carbocycles. The van der Waals surface area contributed by atoms with Crippen LogP contribution in [-0.4, -0.2) is 13.1 Å². The van der Waals surface area contributed by atoms with Gasteiger partial charge in [-0.25, -0.2) is 0 Å². The average molecular weight is 174 g/mol. The lowest BCUT2D eigenvalue weighted by atomic mass is 10.5. The smallest absolute Gasteiger partial charge is 0.00517 e. The summed E-state index contributed by atoms with van der Waals surface area (Å²) in [5.74, 6) is 0. The molecule has 0 aliphatic carbocycles. The van der Waals surface area contributed by atoms with Crippen molar-refractivity contribution in [3.05, 3.63) is 12.3 Å². The minimum absolute atomic E-state index is 1.10. The van der Waals surface area contributed by atoms with Crippen LogP contribution >= 0.6 is 0 Å². The van der Waals surface area contributed by atoms with Gasteiger partial charge in [-0.15, -0.1) is 0 Å². The average Bonchev–Trinajstić information content (AvgIpc) is 2.18. The summed E-state index contributed by atoms with van der Waals surface area (Å²) in [5.41, 5.74) is 4.85. The Bertz CT molecular complexity index is 52.9. The second-order valence-corrected chi connectivity index (χ2v) is 1.88. The van der Waals surface area contributed by atoms with Crippen molar-refractivity contribution in [2.75, 3.05) is 13.1 Å². The molecule has 0 aliphatic rings. The Balaban J connectivity index is -0.000000118. The molecule has 0 aliphatic heterocycles. The van der Waals surface area contributed by atoms with Gasteiger partial charge in [0, 0.05) is 0 Å². The summed E-state index contributed by atoms with van der Waals surface area (Å²) in [7, 11) is 0. The van der Waals surface area contributed by atoms with E-state index in [-0.39, 0.29) is 0 Å². The van der Waals surface area contributed by atoms with Crippen LogP contribution in [0.5, 0.6) is 0 Å². The molecular formula is C10H26N2. The first-order valence-electron chi connectivity index (χ1n) is 4.87. The van der Waals surface area contributed by atoms with Crippen molar-refractivity contribution in [2.24, 2.45) is 5.73 Å². The Kier molecular flexibility index (Phi) is 45.8. The first-order valence-corrected chi connectivity index (χ1v) is 4.87. The van der Waals surface area contributed by atoms with Crippen LogP contribution in [0, 0.1) is 0 Å². The molecule has 0 aromatic rings. The fourth-order valence-corrected chi connectivity index (χ4v) is 0.354. The molecule has 0 saturated carbocycles. The van der Waals surface area contributed by atoms with E-state index in [0.29, 0.717) is 0 Å². The maximum Gasteiger partial charge on any atom is -0.00517 e. The summed E-state index contributed by atoms with van der Waals surface area (Å²) in [6.07, 6.45) is 4.52. The fraction of sp³-hybridized carbons (Fsp3) is 0.800. The van der Waals surface area contributed by atoms with Crippen LogP contribution in [0.4, 0.5) is 0 Å². The van der Waals surface area contributed by atoms with E-state index >= 15 is 0 Å². The molecule has 76 valence electrons. The van der Waals surface area contributed by atoms with E-state index in [1.54, 1.807) is 6.08 Å². The van der Waals surface area contributed by atoms with Gasteiger partial charge in [-0.3, -0.25) is 0 Å². The van der Waals surface area contributed by atoms with Crippen molar-refractivity contribution >= 4 is 0 Å². The zero-order valence-corrected chi connectivity index (χ0v) is 9.35. The van der Waals surface area contributed by atoms with Gasteiger partial charge < -0.3 is 11.1 Å². The molecule has 0 bridgehead atoms. The summed E-state index contributed by atoms with van der Waals surface area (Å²) in [6.45, 7) is 12.4. The largest absolute Gasteiger partial charge is 0.405 e. The molecule has 0 amide bonds. The Morgan fingerprint density at radius 1 is 1.25 bits per heavy atom. The topological polar surface area (TPSA) is 38.0 Å². The molecule has 0 heterocycles. The van der Waals surface area contributed by atoms with Gasteiger partial charge in [-0.05, 0) is 32.6 Å². The third-order valence-corrected chi connectivity index (χ3v) is 0.869. The molecular weight excluding hydrogens is 148 g/mol. The Morgan fingerprint density at radius 3 is 1.75 bits per heavy atom. The molecule has 2 heteroatoms. The monoisotopic (exact) mass is 174 g/mol. The van der Waals surface area contributed by atoms with Crippen molar-refractivity contribution < 1.29 is 0 Å². The molecule has 0 saturated heterocycles. The lowest BCUT2D eigenvalue weighted by molar-refractivity contribution is 0.703. The van der Waals surface area contributed by atoms with Gasteiger partial charge in [0.1, 0.15) is 0 Å². The van der Waals surface area contributed by atoms with Crippen LogP contribution in [0.15, 0.2) is 12.3 Å². The highest BCUT2D eigenvalue weighted by atomic mass is 14.8. The highest BCUT2D eigenvalue weighted by molar-refractivity contribution is 4.66. The van der Waals surface area contributed by atoms with E-state index < -0.39 is 0 Å². The second-order valence-electron chi connectivity index (χ2n) is 1.88. The molecule has 0 radical (unpaired) electrons. The third kappa shape index (κ3) is 56.0. The zero-order valence-electron chi connectivity index (χ0n) is 9.35. The van der Waals surface area contributed by atoms with Gasteiger partial charge in [-0.2, -0.15) is 0 Å². The summed E-state index contributed by atoms with van der Waals surface area (Å²) >= 11 is 0. The maximum absolute atomic E-state index is 4.85. The van der Waals surface area contributed by atoms with Crippen molar-refractivity contribution in [3.8, 4) is 0 Å². The minimum Gasteiger partial charge on any atom is -0.405 e. The van der Waals surface area contributed by atoms with Crippen LogP contribution < -0.4 is 11.1 Å². The highest BCUT2D eigenvalue weighted by Crippen LogP contribution is 1.65. The Morgan fingerprint density at radius 2 is 1.67 bits per heavy atom. The van der Waals surface area contributed by atoms with Crippen LogP contribution in [0.3, 0.4) is 0 Å². The van der Waals surface area contributed by atoms with E-state index in [4.69, 9.17) is 5.73 Å². The molecule has 12 heavy (non-hydrogen) atoms. The highest BCUT2D eigenvalue weighted by Gasteiger charge is 1.71. The molecule has 0 atom stereocenters. The molecule has 0 unspecified atom stereocenters. The standard InChI is InChI=1S/C5H13N.C3H7N.C2H6/c1-3-5-6-4-2;1-2-3-4;1-2/h6H,3-5H2,1-2H3;2-3H,4H2,1H3;1-2H3/b;3-2-;. The third-order valence-electron chi connectivity index (χ3n) is 0.869. The molecule has 0 fully saturated rings. The number of rotatable bonds is 3. The predicted molar refractivity (Wildman–Crippen MR) is 59.2 cm³/mol. The van der Waals surface area contributed by atoms with Gasteiger partial charge in [0.25, 0.3) is 0 Å². The number of allylic oxidation sites excluding steroid dienone is 1. The van der Waals surface area contributed by atoms with Crippen LogP contribution in [0.2, 0.25) is 0 Å². The molecule has 2 nitrogen and oxygen atoms in total. The molecule has 3 N–H and O–H groups in total. The van der Waals surface area contributed by atoms with Gasteiger partial charge >= 0.3 is 0 Å². The van der Waals surface area contributed by atoms with Crippen LogP contribution in [0.1, 0.15) is 41.0 Å². The van der Waals surface area contributed by atoms with Crippen LogP contribution in [-0.2, 0) is 0 Å². The summed E-state index contributed by atoms with van der Waals surface area (Å²) in [6, 6.07) is 0. The van der Waals surface area contributed by atoms with E-state index in [0.717, 1.165) is 13.1 Å². The summed E-state index contributed by atoms with van der Waals surface area (Å²) in [5, 5.41) is 3.20. The van der Waals surface area contributed by atoms with Gasteiger partial charge in [0.2, 0.25) is 0 Å². The van der Waals surface area contributed by atoms with E-state index in [9.17, 15) is 0 Å². The number of hydrogen-bond acceptors (Lipinski definition) is 2. The van der Waals surface area contributed by atoms with Crippen molar-refractivity contribution in [2.45, 2.75) is 41.0 Å². The fourth-order valence-electron chi connectivity index (χ4n) is 0.354. The second kappa shape index (κ2) is 31.3. The van der Waals surface area contributed by atoms with Gasteiger partial charge in [0.15, 0.2) is 0 Å². The maximum atomic E-state index is 4.85. The molecule has 0 aromatic heterocycles. The van der Waals surface area contributed by atoms with Crippen molar-refractivity contribution in [1.29, 1.82) is 0 Å². The molecule has 0 rings (SSSR count). The normalized spacial score (nSPS) is 8.08. The van der Waals surface area contributed by atoms with Crippen molar-refractivity contribution in [1.82, 2.24) is 5.32 Å². The van der Waals surface area contributed by atoms with E-state index in [1.165, 1.54) is 12.6 Å². The lowest BCUT2D eigenvalue weighted by Gasteiger charge is -1.91. The quantitative estimate of drug-likeness (QED) is 0.645. The van der Waals surface area contributed by atoms with E-state index in [2.05, 4.69) is 19.2 Å². The first-order chi connectivity index (χ1) is 5.83. The van der Waals surface area contributed by atoms with Gasteiger partial charge in [-0.1, -0.05) is 33.8 Å². The van der Waals surface area contributed by atoms with Crippen molar-refractivity contribution in [3.63, 3.8) is 0 Å². The Hall–Kier alpha value is -0.500. The SMILES string of the molecule is C/C=C\N.CC.CCCNCC. The van der Waals surface area contributed by atoms with Crippen LogP contribution in [0.25, 0.3) is 0 Å². The summed E-state index contributed by atoms with van der Waals surface area (Å²) in [4.78, 5) is 0. The zero-order chi connectivity index (χ0) is 10.2. The van der Waals surface area contributed by atoms with Gasteiger partial charge in [0.05, 0.1) is 0 Å². The molecule has 0 spiro atoms. The van der Waals surface area contributed by atoms with E-state index in [1.807, 2.05) is 20.8 Å². The number of nitrogens with two attached hydrogens (primary N) is 1. The minimum atomic E-state index is 1.10. The number of hydrogen-bond donors (Lipinski definition) is 2. The number of nitrogens with one attached hydrogen (secondary N) is 1. The Labute approximate surface area is 78.2 Å².